The largest absolute Gasteiger partial charge is 0.495 e. The molecule has 0 saturated heterocycles. The molecule has 0 aliphatic rings. The maximum absolute atomic E-state index is 11.4. The summed E-state index contributed by atoms with van der Waals surface area (Å²) in [6.45, 7) is 1.52. The van der Waals surface area contributed by atoms with Crippen LogP contribution in [0.2, 0.25) is 0 Å². The minimum absolute atomic E-state index is 0.0144. The van der Waals surface area contributed by atoms with Crippen LogP contribution in [0.5, 0.6) is 5.75 Å². The molecule has 0 atom stereocenters. The lowest BCUT2D eigenvalue weighted by atomic mass is 10.1. The summed E-state index contributed by atoms with van der Waals surface area (Å²) in [6, 6.07) is 0. The molecule has 0 aliphatic heterocycles. The normalized spacial score (nSPS) is 10.6. The highest BCUT2D eigenvalue weighted by atomic mass is 79.9. The number of pyridine rings is 1. The van der Waals surface area contributed by atoms with Gasteiger partial charge in [0.25, 0.3) is 0 Å². The Hall–Kier alpha value is -1.36. The molecule has 78 valence electrons. The van der Waals surface area contributed by atoms with E-state index in [2.05, 4.69) is 25.9 Å². The summed E-state index contributed by atoms with van der Waals surface area (Å²) in [5, 5.41) is 0.722. The van der Waals surface area contributed by atoms with Crippen LogP contribution in [0.25, 0.3) is 11.0 Å². The van der Waals surface area contributed by atoms with Crippen molar-refractivity contribution in [3.05, 3.63) is 22.4 Å². The standard InChI is InChI=1S/C10H9BrN2O2/c1-5(14)6-3-12-10-8(6)9(15-2)7(11)4-13-10/h3-4H,1-2H3,(H,12,13). The number of aromatic nitrogens is 2. The van der Waals surface area contributed by atoms with E-state index in [0.717, 1.165) is 9.86 Å². The van der Waals surface area contributed by atoms with Gasteiger partial charge >= 0.3 is 0 Å². The fourth-order valence-electron chi connectivity index (χ4n) is 1.52. The average molecular weight is 269 g/mol. The second-order valence-electron chi connectivity index (χ2n) is 3.12. The van der Waals surface area contributed by atoms with Crippen LogP contribution in [0.15, 0.2) is 16.9 Å². The third kappa shape index (κ3) is 1.52. The predicted octanol–water partition coefficient (Wildman–Crippen LogP) is 2.54. The van der Waals surface area contributed by atoms with Crippen molar-refractivity contribution in [1.29, 1.82) is 0 Å². The van der Waals surface area contributed by atoms with Crippen LogP contribution in [0.4, 0.5) is 0 Å². The van der Waals surface area contributed by atoms with E-state index in [0.29, 0.717) is 17.0 Å². The van der Waals surface area contributed by atoms with E-state index in [1.54, 1.807) is 19.5 Å². The summed E-state index contributed by atoms with van der Waals surface area (Å²) in [5.74, 6) is 0.617. The number of rotatable bonds is 2. The number of carbonyl (C=O) groups is 1. The minimum atomic E-state index is -0.0144. The Morgan fingerprint density at radius 2 is 2.33 bits per heavy atom. The molecule has 0 saturated carbocycles. The Labute approximate surface area is 94.8 Å². The number of carbonyl (C=O) groups excluding carboxylic acids is 1. The van der Waals surface area contributed by atoms with Crippen molar-refractivity contribution in [2.45, 2.75) is 6.92 Å². The zero-order chi connectivity index (χ0) is 11.0. The molecule has 0 aliphatic carbocycles. The van der Waals surface area contributed by atoms with Crippen molar-refractivity contribution in [2.75, 3.05) is 7.11 Å². The summed E-state index contributed by atoms with van der Waals surface area (Å²) in [4.78, 5) is 18.5. The molecule has 0 amide bonds. The molecule has 15 heavy (non-hydrogen) atoms. The number of halogens is 1. The van der Waals surface area contributed by atoms with Crippen molar-refractivity contribution < 1.29 is 9.53 Å². The number of ketones is 1. The molecule has 2 aromatic heterocycles. The number of hydrogen-bond donors (Lipinski definition) is 1. The number of ether oxygens (including phenoxy) is 1. The van der Waals surface area contributed by atoms with Gasteiger partial charge in [-0.3, -0.25) is 4.79 Å². The number of nitrogens with zero attached hydrogens (tertiary/aromatic N) is 1. The van der Waals surface area contributed by atoms with E-state index < -0.39 is 0 Å². The third-order valence-electron chi connectivity index (χ3n) is 2.19. The Bertz CT molecular complexity index is 533. The first-order chi connectivity index (χ1) is 7.15. The first kappa shape index (κ1) is 10.2. The van der Waals surface area contributed by atoms with E-state index in [1.165, 1.54) is 6.92 Å². The zero-order valence-corrected chi connectivity index (χ0v) is 9.88. The van der Waals surface area contributed by atoms with Crippen LogP contribution < -0.4 is 4.74 Å². The van der Waals surface area contributed by atoms with Crippen molar-refractivity contribution in [3.63, 3.8) is 0 Å². The maximum atomic E-state index is 11.4. The Balaban J connectivity index is 2.86. The number of nitrogens with one attached hydrogen (secondary N) is 1. The molecular formula is C10H9BrN2O2. The lowest BCUT2D eigenvalue weighted by Gasteiger charge is -2.04. The highest BCUT2D eigenvalue weighted by Crippen LogP contribution is 2.34. The van der Waals surface area contributed by atoms with Gasteiger partial charge in [0.15, 0.2) is 5.78 Å². The molecule has 5 heteroatoms. The first-order valence-electron chi connectivity index (χ1n) is 4.35. The number of H-pyrrole nitrogens is 1. The third-order valence-corrected chi connectivity index (χ3v) is 2.76. The highest BCUT2D eigenvalue weighted by molar-refractivity contribution is 9.10. The summed E-state index contributed by atoms with van der Waals surface area (Å²) >= 11 is 3.33. The lowest BCUT2D eigenvalue weighted by molar-refractivity contribution is 0.101. The maximum Gasteiger partial charge on any atom is 0.162 e. The van der Waals surface area contributed by atoms with Crippen molar-refractivity contribution in [3.8, 4) is 5.75 Å². The number of hydrogen-bond acceptors (Lipinski definition) is 3. The minimum Gasteiger partial charge on any atom is -0.495 e. The molecule has 0 spiro atoms. The van der Waals surface area contributed by atoms with Gasteiger partial charge in [0.2, 0.25) is 0 Å². The van der Waals surface area contributed by atoms with Crippen LogP contribution in [0.3, 0.4) is 0 Å². The van der Waals surface area contributed by atoms with E-state index in [1.807, 2.05) is 0 Å². The van der Waals surface area contributed by atoms with Gasteiger partial charge in [0.05, 0.1) is 17.0 Å². The molecule has 2 heterocycles. The molecule has 4 nitrogen and oxygen atoms in total. The smallest absolute Gasteiger partial charge is 0.162 e. The fraction of sp³-hybridized carbons (Fsp3) is 0.200. The van der Waals surface area contributed by atoms with E-state index in [4.69, 9.17) is 4.74 Å². The molecule has 0 aromatic carbocycles. The van der Waals surface area contributed by atoms with Gasteiger partial charge in [0, 0.05) is 18.0 Å². The molecule has 0 fully saturated rings. The topological polar surface area (TPSA) is 55.0 Å². The second kappa shape index (κ2) is 3.66. The van der Waals surface area contributed by atoms with Crippen LogP contribution in [0, 0.1) is 0 Å². The number of aromatic amines is 1. The van der Waals surface area contributed by atoms with E-state index in [9.17, 15) is 4.79 Å². The van der Waals surface area contributed by atoms with Gasteiger partial charge < -0.3 is 9.72 Å². The molecular weight excluding hydrogens is 260 g/mol. The molecule has 1 N–H and O–H groups in total. The van der Waals surface area contributed by atoms with Crippen molar-refractivity contribution in [1.82, 2.24) is 9.97 Å². The van der Waals surface area contributed by atoms with E-state index >= 15 is 0 Å². The Kier molecular flexibility index (Phi) is 2.48. The highest BCUT2D eigenvalue weighted by Gasteiger charge is 2.15. The zero-order valence-electron chi connectivity index (χ0n) is 8.30. The van der Waals surface area contributed by atoms with Gasteiger partial charge in [-0.2, -0.15) is 0 Å². The van der Waals surface area contributed by atoms with Gasteiger partial charge in [-0.05, 0) is 22.9 Å². The monoisotopic (exact) mass is 268 g/mol. The van der Waals surface area contributed by atoms with Gasteiger partial charge in [-0.25, -0.2) is 4.98 Å². The number of fused-ring (bicyclic) bond motifs is 1. The molecule has 2 aromatic rings. The predicted molar refractivity (Wildman–Crippen MR) is 60.4 cm³/mol. The average Bonchev–Trinajstić information content (AvgIpc) is 2.61. The number of Topliss-reactive ketones (excluding diaryl/α,β-unsaturated/α-hetero) is 1. The summed E-state index contributed by atoms with van der Waals surface area (Å²) in [5.41, 5.74) is 1.25. The Morgan fingerprint density at radius 3 is 2.93 bits per heavy atom. The quantitative estimate of drug-likeness (QED) is 0.852. The first-order valence-corrected chi connectivity index (χ1v) is 5.15. The fourth-order valence-corrected chi connectivity index (χ4v) is 1.98. The molecule has 0 bridgehead atoms. The van der Waals surface area contributed by atoms with Crippen LogP contribution in [-0.2, 0) is 0 Å². The van der Waals surface area contributed by atoms with Crippen LogP contribution in [0.1, 0.15) is 17.3 Å². The SMILES string of the molecule is COc1c(Br)cnc2[nH]cc(C(C)=O)c12. The lowest BCUT2D eigenvalue weighted by Crippen LogP contribution is -1.93. The van der Waals surface area contributed by atoms with Crippen molar-refractivity contribution in [2.24, 2.45) is 0 Å². The molecule has 0 unspecified atom stereocenters. The van der Waals surface area contributed by atoms with Crippen molar-refractivity contribution >= 4 is 32.7 Å². The molecule has 2 rings (SSSR count). The Morgan fingerprint density at radius 1 is 1.60 bits per heavy atom. The number of methoxy groups -OCH3 is 1. The van der Waals surface area contributed by atoms with Gasteiger partial charge in [-0.15, -0.1) is 0 Å². The van der Waals surface area contributed by atoms with E-state index in [-0.39, 0.29) is 5.78 Å². The molecule has 0 radical (unpaired) electrons. The second-order valence-corrected chi connectivity index (χ2v) is 3.98. The summed E-state index contributed by atoms with van der Waals surface area (Å²) in [6.07, 6.45) is 3.29. The van der Waals surface area contributed by atoms with Crippen LogP contribution in [-0.4, -0.2) is 22.9 Å². The van der Waals surface area contributed by atoms with Crippen LogP contribution >= 0.6 is 15.9 Å². The summed E-state index contributed by atoms with van der Waals surface area (Å²) < 4.78 is 5.98. The summed E-state index contributed by atoms with van der Waals surface area (Å²) in [7, 11) is 1.57. The van der Waals surface area contributed by atoms with Gasteiger partial charge in [0.1, 0.15) is 11.4 Å². The van der Waals surface area contributed by atoms with Gasteiger partial charge in [-0.1, -0.05) is 0 Å².